The fourth-order valence-corrected chi connectivity index (χ4v) is 1.85. The van der Waals surface area contributed by atoms with Crippen LogP contribution in [-0.2, 0) is 11.2 Å². The molecule has 1 aliphatic carbocycles. The molecule has 0 atom stereocenters. The largest absolute Gasteiger partial charge is 0.399 e. The Morgan fingerprint density at radius 3 is 2.65 bits per heavy atom. The van der Waals surface area contributed by atoms with E-state index in [0.717, 1.165) is 36.6 Å². The molecule has 2 rings (SSSR count). The molecular weight excluding hydrogens is 212 g/mol. The Bertz CT molecular complexity index is 368. The van der Waals surface area contributed by atoms with Crippen molar-refractivity contribution in [2.24, 2.45) is 5.92 Å². The van der Waals surface area contributed by atoms with Gasteiger partial charge in [-0.05, 0) is 36.5 Å². The summed E-state index contributed by atoms with van der Waals surface area (Å²) in [7, 11) is 0. The minimum atomic E-state index is 0.155. The van der Waals surface area contributed by atoms with Gasteiger partial charge in [0, 0.05) is 18.7 Å². The van der Waals surface area contributed by atoms with Crippen LogP contribution in [-0.4, -0.2) is 12.5 Å². The third kappa shape index (κ3) is 4.47. The van der Waals surface area contributed by atoms with Gasteiger partial charge >= 0.3 is 0 Å². The maximum atomic E-state index is 11.5. The quantitative estimate of drug-likeness (QED) is 0.738. The lowest BCUT2D eigenvalue weighted by Crippen LogP contribution is -2.24. The van der Waals surface area contributed by atoms with Crippen LogP contribution in [0, 0.1) is 5.92 Å². The summed E-state index contributed by atoms with van der Waals surface area (Å²) < 4.78 is 0. The Hall–Kier alpha value is -1.51. The van der Waals surface area contributed by atoms with Crippen molar-refractivity contribution in [1.29, 1.82) is 0 Å². The van der Waals surface area contributed by atoms with Crippen LogP contribution >= 0.6 is 0 Å². The van der Waals surface area contributed by atoms with Crippen molar-refractivity contribution in [3.8, 4) is 0 Å². The number of nitrogen functional groups attached to an aromatic ring is 1. The van der Waals surface area contributed by atoms with Crippen LogP contribution in [0.5, 0.6) is 0 Å². The lowest BCUT2D eigenvalue weighted by atomic mass is 10.1. The number of rotatable bonds is 6. The summed E-state index contributed by atoms with van der Waals surface area (Å²) in [5, 5.41) is 2.97. The Balaban J connectivity index is 1.62. The zero-order chi connectivity index (χ0) is 12.1. The number of carbonyl (C=O) groups is 1. The molecule has 0 bridgehead atoms. The van der Waals surface area contributed by atoms with E-state index < -0.39 is 0 Å². The topological polar surface area (TPSA) is 55.1 Å². The second-order valence-electron chi connectivity index (χ2n) is 4.82. The van der Waals surface area contributed by atoms with E-state index in [1.54, 1.807) is 0 Å². The first kappa shape index (κ1) is 12.0. The fourth-order valence-electron chi connectivity index (χ4n) is 1.85. The molecule has 0 saturated heterocycles. The summed E-state index contributed by atoms with van der Waals surface area (Å²) in [6, 6.07) is 7.71. The number of nitrogens with two attached hydrogens (primary N) is 1. The number of benzene rings is 1. The number of amides is 1. The normalized spacial score (nSPS) is 14.6. The van der Waals surface area contributed by atoms with Gasteiger partial charge in [0.05, 0.1) is 0 Å². The van der Waals surface area contributed by atoms with Crippen molar-refractivity contribution in [2.45, 2.75) is 32.1 Å². The number of carbonyl (C=O) groups excluding carboxylic acids is 1. The number of anilines is 1. The van der Waals surface area contributed by atoms with Crippen molar-refractivity contribution in [3.63, 3.8) is 0 Å². The van der Waals surface area contributed by atoms with Crippen molar-refractivity contribution in [1.82, 2.24) is 5.32 Å². The minimum Gasteiger partial charge on any atom is -0.399 e. The van der Waals surface area contributed by atoms with Gasteiger partial charge in [0.25, 0.3) is 0 Å². The Kier molecular flexibility index (Phi) is 4.02. The molecule has 1 aromatic carbocycles. The molecule has 17 heavy (non-hydrogen) atoms. The van der Waals surface area contributed by atoms with E-state index in [1.165, 1.54) is 12.8 Å². The van der Waals surface area contributed by atoms with Gasteiger partial charge in [-0.2, -0.15) is 0 Å². The van der Waals surface area contributed by atoms with Crippen LogP contribution in [0.4, 0.5) is 5.69 Å². The summed E-state index contributed by atoms with van der Waals surface area (Å²) in [6.07, 6.45) is 5.19. The van der Waals surface area contributed by atoms with E-state index in [9.17, 15) is 4.79 Å². The minimum absolute atomic E-state index is 0.155. The molecule has 1 aromatic rings. The van der Waals surface area contributed by atoms with Crippen LogP contribution in [0.3, 0.4) is 0 Å². The third-order valence-electron chi connectivity index (χ3n) is 3.19. The summed E-state index contributed by atoms with van der Waals surface area (Å²) in [5.74, 6) is 1.04. The summed E-state index contributed by atoms with van der Waals surface area (Å²) in [5.41, 5.74) is 7.53. The second kappa shape index (κ2) is 5.71. The van der Waals surface area contributed by atoms with E-state index in [2.05, 4.69) is 5.32 Å². The molecule has 0 radical (unpaired) electrons. The summed E-state index contributed by atoms with van der Waals surface area (Å²) in [6.45, 7) is 0.839. The zero-order valence-electron chi connectivity index (χ0n) is 10.1. The van der Waals surface area contributed by atoms with Crippen LogP contribution in [0.1, 0.15) is 31.2 Å². The molecule has 0 heterocycles. The number of hydrogen-bond acceptors (Lipinski definition) is 2. The van der Waals surface area contributed by atoms with Crippen LogP contribution < -0.4 is 11.1 Å². The van der Waals surface area contributed by atoms with Crippen molar-refractivity contribution in [2.75, 3.05) is 12.3 Å². The van der Waals surface area contributed by atoms with E-state index >= 15 is 0 Å². The number of nitrogens with one attached hydrogen (secondary N) is 1. The number of aryl methyl sites for hydroxylation is 1. The lowest BCUT2D eigenvalue weighted by molar-refractivity contribution is -0.121. The Morgan fingerprint density at radius 2 is 2.00 bits per heavy atom. The Morgan fingerprint density at radius 1 is 1.29 bits per heavy atom. The highest BCUT2D eigenvalue weighted by atomic mass is 16.1. The van der Waals surface area contributed by atoms with E-state index in [-0.39, 0.29) is 5.91 Å². The molecule has 3 N–H and O–H groups in total. The molecule has 1 saturated carbocycles. The first-order chi connectivity index (χ1) is 8.24. The maximum Gasteiger partial charge on any atom is 0.220 e. The van der Waals surface area contributed by atoms with Crippen LogP contribution in [0.2, 0.25) is 0 Å². The second-order valence-corrected chi connectivity index (χ2v) is 4.82. The monoisotopic (exact) mass is 232 g/mol. The van der Waals surface area contributed by atoms with E-state index in [4.69, 9.17) is 5.73 Å². The smallest absolute Gasteiger partial charge is 0.220 e. The predicted molar refractivity (Wildman–Crippen MR) is 69.5 cm³/mol. The summed E-state index contributed by atoms with van der Waals surface area (Å²) in [4.78, 5) is 11.5. The molecule has 0 aromatic heterocycles. The third-order valence-corrected chi connectivity index (χ3v) is 3.19. The van der Waals surface area contributed by atoms with Crippen molar-refractivity contribution < 1.29 is 4.79 Å². The van der Waals surface area contributed by atoms with Crippen molar-refractivity contribution >= 4 is 11.6 Å². The average Bonchev–Trinajstić information content (AvgIpc) is 3.12. The van der Waals surface area contributed by atoms with Gasteiger partial charge in [-0.3, -0.25) is 4.79 Å². The first-order valence-electron chi connectivity index (χ1n) is 6.35. The van der Waals surface area contributed by atoms with Gasteiger partial charge in [0.15, 0.2) is 0 Å². The molecule has 3 heteroatoms. The maximum absolute atomic E-state index is 11.5. The first-order valence-corrected chi connectivity index (χ1v) is 6.35. The molecule has 0 unspecified atom stereocenters. The van der Waals surface area contributed by atoms with E-state index in [1.807, 2.05) is 24.3 Å². The van der Waals surface area contributed by atoms with Gasteiger partial charge in [0.1, 0.15) is 0 Å². The van der Waals surface area contributed by atoms with Crippen LogP contribution in [0.25, 0.3) is 0 Å². The molecule has 0 aliphatic heterocycles. The highest BCUT2D eigenvalue weighted by Gasteiger charge is 2.20. The summed E-state index contributed by atoms with van der Waals surface area (Å²) >= 11 is 0. The predicted octanol–water partition coefficient (Wildman–Crippen LogP) is 2.12. The highest BCUT2D eigenvalue weighted by molar-refractivity contribution is 5.76. The van der Waals surface area contributed by atoms with Crippen molar-refractivity contribution in [3.05, 3.63) is 29.8 Å². The molecule has 0 spiro atoms. The molecule has 1 aliphatic rings. The van der Waals surface area contributed by atoms with Gasteiger partial charge in [-0.25, -0.2) is 0 Å². The lowest BCUT2D eigenvalue weighted by Gasteiger charge is -2.05. The van der Waals surface area contributed by atoms with Gasteiger partial charge in [-0.1, -0.05) is 25.0 Å². The highest BCUT2D eigenvalue weighted by Crippen LogP contribution is 2.31. The van der Waals surface area contributed by atoms with Gasteiger partial charge in [0.2, 0.25) is 5.91 Å². The van der Waals surface area contributed by atoms with E-state index in [0.29, 0.717) is 6.42 Å². The molecule has 3 nitrogen and oxygen atoms in total. The standard InChI is InChI=1S/C14H20N2O/c15-13-6-3-11(4-7-13)5-8-14(17)16-10-9-12-1-2-12/h3-4,6-7,12H,1-2,5,8-10,15H2,(H,16,17). The van der Waals surface area contributed by atoms with Crippen LogP contribution in [0.15, 0.2) is 24.3 Å². The molecule has 1 amide bonds. The fraction of sp³-hybridized carbons (Fsp3) is 0.500. The molecule has 92 valence electrons. The zero-order valence-corrected chi connectivity index (χ0v) is 10.1. The van der Waals surface area contributed by atoms with Gasteiger partial charge < -0.3 is 11.1 Å². The van der Waals surface area contributed by atoms with Gasteiger partial charge in [-0.15, -0.1) is 0 Å². The Labute approximate surface area is 102 Å². The molecular formula is C14H20N2O. The number of hydrogen-bond donors (Lipinski definition) is 2. The average molecular weight is 232 g/mol. The SMILES string of the molecule is Nc1ccc(CCC(=O)NCCC2CC2)cc1. The molecule has 1 fully saturated rings.